The van der Waals surface area contributed by atoms with Crippen molar-refractivity contribution >= 4 is 23.5 Å². The van der Waals surface area contributed by atoms with Gasteiger partial charge in [-0.15, -0.1) is 23.5 Å². The van der Waals surface area contributed by atoms with Gasteiger partial charge in [-0.05, 0) is 113 Å². The molecule has 2 heterocycles. The molecule has 6 nitrogen and oxygen atoms in total. The van der Waals surface area contributed by atoms with E-state index >= 15 is 0 Å². The fourth-order valence-corrected chi connectivity index (χ4v) is 10.9. The van der Waals surface area contributed by atoms with E-state index in [9.17, 15) is 20.7 Å². The average Bonchev–Trinajstić information content (AvgIpc) is 3.22. The zero-order valence-electron chi connectivity index (χ0n) is 41.3. The first-order valence-corrected chi connectivity index (χ1v) is 25.4. The van der Waals surface area contributed by atoms with Crippen LogP contribution in [-0.2, 0) is 47.3 Å². The molecule has 0 saturated heterocycles. The van der Waals surface area contributed by atoms with Gasteiger partial charge in [-0.25, -0.2) is 0 Å². The topological polar surface area (TPSA) is 106 Å². The Bertz CT molecular complexity index is 2460. The molecule has 2 aliphatic heterocycles. The standard InChI is InChI=1S/C58H68N2O4S2/c1-55(2,3)45-23-35-19-39-27-47(57(7,8)9)29-41-21-37-25-46(56(4,5)6)26-38(52(37)62)22-42-30-48(58(10,11)12)28-40(20-36(24-45)51(35)61)54(42)64-16-14-18-66-50-32-44(34-60)43(33-59)31-49(50)65-17-13-15-63-53(39)41/h23-32,61-62H,13-22H2,1-12H3. The van der Waals surface area contributed by atoms with Crippen LogP contribution in [0, 0.1) is 22.7 Å². The van der Waals surface area contributed by atoms with Crippen LogP contribution in [-0.4, -0.2) is 34.9 Å². The van der Waals surface area contributed by atoms with Crippen molar-refractivity contribution in [3.63, 3.8) is 0 Å². The highest BCUT2D eigenvalue weighted by Crippen LogP contribution is 2.44. The normalized spacial score (nSPS) is 15.2. The molecular formula is C58H68N2O4S2. The lowest BCUT2D eigenvalue weighted by atomic mass is 9.79. The molecule has 8 heteroatoms. The third kappa shape index (κ3) is 10.9. The van der Waals surface area contributed by atoms with E-state index in [0.717, 1.165) is 112 Å². The summed E-state index contributed by atoms with van der Waals surface area (Å²) < 4.78 is 14.0. The molecule has 0 atom stereocenters. The summed E-state index contributed by atoms with van der Waals surface area (Å²) in [7, 11) is 0. The number of ether oxygens (including phenoxy) is 2. The van der Waals surface area contributed by atoms with Gasteiger partial charge in [0.15, 0.2) is 0 Å². The quantitative estimate of drug-likeness (QED) is 0.155. The Hall–Kier alpha value is -5.02. The predicted octanol–water partition coefficient (Wildman–Crippen LogP) is 14.1. The molecule has 5 aromatic rings. The van der Waals surface area contributed by atoms with Crippen molar-refractivity contribution in [3.05, 3.63) is 139 Å². The number of phenols is 2. The summed E-state index contributed by atoms with van der Waals surface area (Å²) in [5.74, 6) is 3.63. The van der Waals surface area contributed by atoms with Crippen LogP contribution in [0.1, 0.15) is 174 Å². The number of rotatable bonds is 0. The Labute approximate surface area is 403 Å². The molecule has 2 N–H and O–H groups in total. The van der Waals surface area contributed by atoms with Gasteiger partial charge in [0, 0.05) is 47.0 Å². The van der Waals surface area contributed by atoms with Crippen molar-refractivity contribution in [2.24, 2.45) is 0 Å². The number of nitrogens with zero attached hydrogens (tertiary/aromatic N) is 2. The third-order valence-corrected chi connectivity index (χ3v) is 15.3. The lowest BCUT2D eigenvalue weighted by Gasteiger charge is -2.28. The van der Waals surface area contributed by atoms with Gasteiger partial charge >= 0.3 is 0 Å². The van der Waals surface area contributed by atoms with E-state index in [0.29, 0.717) is 61.5 Å². The Morgan fingerprint density at radius 3 is 0.924 bits per heavy atom. The number of hydrogen-bond acceptors (Lipinski definition) is 8. The number of phenolic OH excluding ortho intramolecular Hbond substituents is 2. The number of hydrogen-bond donors (Lipinski definition) is 2. The predicted molar refractivity (Wildman–Crippen MR) is 273 cm³/mol. The summed E-state index contributed by atoms with van der Waals surface area (Å²) in [5, 5.41) is 45.1. The van der Waals surface area contributed by atoms with Crippen molar-refractivity contribution in [3.8, 4) is 35.1 Å². The highest BCUT2D eigenvalue weighted by atomic mass is 32.2. The van der Waals surface area contributed by atoms with Gasteiger partial charge in [0.05, 0.1) is 24.3 Å². The number of fused-ring (bicyclic) bond motifs is 8. The van der Waals surface area contributed by atoms with Crippen LogP contribution in [0.25, 0.3) is 0 Å². The van der Waals surface area contributed by atoms with Crippen molar-refractivity contribution in [1.82, 2.24) is 0 Å². The summed E-state index contributed by atoms with van der Waals surface area (Å²) in [6.45, 7) is 27.6. The van der Waals surface area contributed by atoms with Crippen LogP contribution < -0.4 is 9.47 Å². The van der Waals surface area contributed by atoms with E-state index in [1.54, 1.807) is 23.5 Å². The minimum absolute atomic E-state index is 0.195. The number of nitriles is 2. The van der Waals surface area contributed by atoms with E-state index in [1.807, 2.05) is 12.1 Å². The zero-order chi connectivity index (χ0) is 47.9. The summed E-state index contributed by atoms with van der Waals surface area (Å²) in [6, 6.07) is 26.0. The van der Waals surface area contributed by atoms with Gasteiger partial charge in [-0.2, -0.15) is 10.5 Å². The molecule has 8 rings (SSSR count). The van der Waals surface area contributed by atoms with Gasteiger partial charge in [-0.1, -0.05) is 132 Å². The molecule has 1 aliphatic carbocycles. The van der Waals surface area contributed by atoms with Gasteiger partial charge in [0.25, 0.3) is 0 Å². The van der Waals surface area contributed by atoms with E-state index in [1.165, 1.54) is 0 Å². The van der Waals surface area contributed by atoms with E-state index < -0.39 is 0 Å². The van der Waals surface area contributed by atoms with Gasteiger partial charge in [-0.3, -0.25) is 0 Å². The second kappa shape index (κ2) is 18.9. The van der Waals surface area contributed by atoms with Crippen molar-refractivity contribution in [1.29, 1.82) is 10.5 Å². The average molecular weight is 921 g/mol. The van der Waals surface area contributed by atoms with Crippen LogP contribution in [0.3, 0.4) is 0 Å². The second-order valence-electron chi connectivity index (χ2n) is 22.4. The fourth-order valence-electron chi connectivity index (χ4n) is 8.82. The molecule has 0 radical (unpaired) electrons. The molecule has 5 aromatic carbocycles. The van der Waals surface area contributed by atoms with Crippen molar-refractivity contribution in [2.45, 2.75) is 153 Å². The lowest BCUT2D eigenvalue weighted by molar-refractivity contribution is 0.312. The molecule has 3 aliphatic rings. The molecule has 10 bridgehead atoms. The van der Waals surface area contributed by atoms with Crippen molar-refractivity contribution in [2.75, 3.05) is 24.7 Å². The number of aromatic hydroxyl groups is 2. The highest BCUT2D eigenvalue weighted by molar-refractivity contribution is 8.02. The number of benzene rings is 5. The van der Waals surface area contributed by atoms with E-state index in [4.69, 9.17) is 9.47 Å². The largest absolute Gasteiger partial charge is 0.507 e. The van der Waals surface area contributed by atoms with Gasteiger partial charge in [0.2, 0.25) is 0 Å². The maximum atomic E-state index is 12.6. The van der Waals surface area contributed by atoms with E-state index in [2.05, 4.69) is 144 Å². The van der Waals surface area contributed by atoms with Gasteiger partial charge in [0.1, 0.15) is 35.1 Å². The maximum Gasteiger partial charge on any atom is 0.126 e. The lowest BCUT2D eigenvalue weighted by Crippen LogP contribution is -2.17. The Kier molecular flexibility index (Phi) is 14.0. The molecular weight excluding hydrogens is 853 g/mol. The molecule has 0 spiro atoms. The third-order valence-electron chi connectivity index (χ3n) is 12.9. The first-order chi connectivity index (χ1) is 30.9. The summed E-state index contributed by atoms with van der Waals surface area (Å²) in [4.78, 5) is 1.97. The monoisotopic (exact) mass is 920 g/mol. The SMILES string of the molecule is CC(C)(C)c1cc2c(O)c(c1)Cc1cc(C(C)(C)C)cc3c1OCCCSc1cc(C#N)c(C#N)cc1SCCCOc1c(cc(C(C)(C)C)cc1Cc1cc(C(C)(C)C)cc(c1O)C3)C2. The fraction of sp³-hybridized carbons (Fsp3) is 0.448. The minimum atomic E-state index is -0.201. The number of thioether (sulfide) groups is 2. The molecule has 0 unspecified atom stereocenters. The van der Waals surface area contributed by atoms with Crippen LogP contribution in [0.2, 0.25) is 0 Å². The maximum absolute atomic E-state index is 12.6. The Balaban J connectivity index is 1.54. The van der Waals surface area contributed by atoms with Crippen LogP contribution in [0.5, 0.6) is 23.0 Å². The van der Waals surface area contributed by atoms with Crippen molar-refractivity contribution < 1.29 is 19.7 Å². The molecule has 0 amide bonds. The smallest absolute Gasteiger partial charge is 0.126 e. The molecule has 0 fully saturated rings. The zero-order valence-corrected chi connectivity index (χ0v) is 42.9. The summed E-state index contributed by atoms with van der Waals surface area (Å²) in [5.41, 5.74) is 12.0. The van der Waals surface area contributed by atoms with Crippen LogP contribution >= 0.6 is 23.5 Å². The molecule has 346 valence electrons. The first-order valence-electron chi connectivity index (χ1n) is 23.5. The first kappa shape index (κ1) is 48.9. The minimum Gasteiger partial charge on any atom is -0.507 e. The van der Waals surface area contributed by atoms with E-state index in [-0.39, 0.29) is 21.7 Å². The Morgan fingerprint density at radius 1 is 0.424 bits per heavy atom. The second-order valence-corrected chi connectivity index (χ2v) is 24.7. The molecule has 0 aromatic heterocycles. The molecule has 66 heavy (non-hydrogen) atoms. The summed E-state index contributed by atoms with van der Waals surface area (Å²) in [6.07, 6.45) is 3.24. The van der Waals surface area contributed by atoms with Gasteiger partial charge < -0.3 is 19.7 Å². The highest BCUT2D eigenvalue weighted by Gasteiger charge is 2.29. The van der Waals surface area contributed by atoms with Crippen LogP contribution in [0.4, 0.5) is 0 Å². The Morgan fingerprint density at radius 2 is 0.682 bits per heavy atom. The molecule has 0 saturated carbocycles. The summed E-state index contributed by atoms with van der Waals surface area (Å²) >= 11 is 3.37. The van der Waals surface area contributed by atoms with Crippen LogP contribution in [0.15, 0.2) is 70.5 Å².